The monoisotopic (exact) mass is 461 g/mol. The second-order valence-corrected chi connectivity index (χ2v) is 8.90. The summed E-state index contributed by atoms with van der Waals surface area (Å²) in [4.78, 5) is 11.2. The van der Waals surface area contributed by atoms with Crippen LogP contribution >= 0.6 is 0 Å². The van der Waals surface area contributed by atoms with Crippen molar-refractivity contribution in [1.29, 1.82) is 0 Å². The molecule has 2 aromatic carbocycles. The van der Waals surface area contributed by atoms with Gasteiger partial charge in [0, 0.05) is 36.5 Å². The van der Waals surface area contributed by atoms with Crippen LogP contribution in [0, 0.1) is 5.82 Å². The van der Waals surface area contributed by atoms with Crippen molar-refractivity contribution >= 4 is 11.3 Å². The zero-order chi connectivity index (χ0) is 23.7. The molecule has 0 saturated carbocycles. The van der Waals surface area contributed by atoms with Crippen LogP contribution in [-0.2, 0) is 4.74 Å². The van der Waals surface area contributed by atoms with Crippen molar-refractivity contribution in [2.45, 2.75) is 24.9 Å². The van der Waals surface area contributed by atoms with Gasteiger partial charge < -0.3 is 20.1 Å². The number of rotatable bonds is 6. The van der Waals surface area contributed by atoms with E-state index in [4.69, 9.17) is 20.2 Å². The van der Waals surface area contributed by atoms with Gasteiger partial charge in [-0.15, -0.1) is 0 Å². The molecule has 8 heteroatoms. The predicted molar refractivity (Wildman–Crippen MR) is 130 cm³/mol. The molecular formula is C26H28FN5O2. The Kier molecular flexibility index (Phi) is 6.17. The number of likely N-dealkylation sites (N-methyl/N-ethyl adjacent to an activating group) is 1. The molecule has 3 heterocycles. The Labute approximate surface area is 198 Å². The third-order valence-electron chi connectivity index (χ3n) is 6.09. The number of ether oxygens (including phenoxy) is 2. The van der Waals surface area contributed by atoms with Gasteiger partial charge in [-0.3, -0.25) is 4.40 Å². The van der Waals surface area contributed by atoms with Gasteiger partial charge in [-0.1, -0.05) is 18.2 Å². The van der Waals surface area contributed by atoms with E-state index in [1.54, 1.807) is 18.3 Å². The first kappa shape index (κ1) is 22.3. The number of fused-ring (bicyclic) bond motifs is 1. The summed E-state index contributed by atoms with van der Waals surface area (Å²) in [6.07, 6.45) is 5.55. The molecule has 34 heavy (non-hydrogen) atoms. The number of halogens is 1. The lowest BCUT2D eigenvalue weighted by molar-refractivity contribution is -0.0104. The molecular weight excluding hydrogens is 433 g/mol. The molecule has 0 radical (unpaired) electrons. The van der Waals surface area contributed by atoms with Crippen LogP contribution < -0.4 is 10.5 Å². The first-order valence-corrected chi connectivity index (χ1v) is 11.4. The van der Waals surface area contributed by atoms with E-state index < -0.39 is 5.82 Å². The van der Waals surface area contributed by atoms with Gasteiger partial charge in [0.15, 0.2) is 0 Å². The Hall–Kier alpha value is -3.49. The number of para-hydroxylation sites is 1. The maximum Gasteiger partial charge on any atom is 0.150 e. The van der Waals surface area contributed by atoms with E-state index in [1.807, 2.05) is 55.0 Å². The van der Waals surface area contributed by atoms with E-state index in [0.29, 0.717) is 40.7 Å². The number of benzene rings is 2. The van der Waals surface area contributed by atoms with Crippen molar-refractivity contribution in [3.8, 4) is 22.8 Å². The van der Waals surface area contributed by atoms with Crippen LogP contribution in [0.2, 0.25) is 0 Å². The van der Waals surface area contributed by atoms with Crippen LogP contribution in [0.25, 0.3) is 16.8 Å². The van der Waals surface area contributed by atoms with Gasteiger partial charge in [0.1, 0.15) is 40.2 Å². The smallest absolute Gasteiger partial charge is 0.150 e. The van der Waals surface area contributed by atoms with Crippen LogP contribution in [0.1, 0.15) is 24.6 Å². The fraction of sp³-hybridized carbons (Fsp3) is 0.308. The number of nitrogens with zero attached hydrogens (tertiary/aromatic N) is 4. The van der Waals surface area contributed by atoms with Gasteiger partial charge in [0.2, 0.25) is 0 Å². The van der Waals surface area contributed by atoms with Crippen LogP contribution in [0.4, 0.5) is 10.2 Å². The summed E-state index contributed by atoms with van der Waals surface area (Å²) >= 11 is 0. The van der Waals surface area contributed by atoms with E-state index in [-0.39, 0.29) is 12.0 Å². The SMILES string of the molecule is CN(C)C[C@H]1CC[C@H](c2nc(-c3ccc(Oc4ccccc4)cc3F)c3c(N)nccn23)CO1. The number of anilines is 1. The highest BCUT2D eigenvalue weighted by molar-refractivity contribution is 5.85. The zero-order valence-electron chi connectivity index (χ0n) is 19.3. The normalized spacial score (nSPS) is 18.5. The number of hydrogen-bond acceptors (Lipinski definition) is 6. The largest absolute Gasteiger partial charge is 0.457 e. The molecule has 0 aliphatic carbocycles. The highest BCUT2D eigenvalue weighted by Crippen LogP contribution is 2.36. The third kappa shape index (κ3) is 4.47. The minimum Gasteiger partial charge on any atom is -0.457 e. The Morgan fingerprint density at radius 3 is 2.68 bits per heavy atom. The maximum atomic E-state index is 15.3. The molecule has 0 spiro atoms. The van der Waals surface area contributed by atoms with Gasteiger partial charge >= 0.3 is 0 Å². The lowest BCUT2D eigenvalue weighted by Crippen LogP contribution is -2.34. The van der Waals surface area contributed by atoms with E-state index in [1.165, 1.54) is 6.07 Å². The highest BCUT2D eigenvalue weighted by atomic mass is 19.1. The van der Waals surface area contributed by atoms with Crippen molar-refractivity contribution in [3.63, 3.8) is 0 Å². The zero-order valence-corrected chi connectivity index (χ0v) is 19.3. The Bertz CT molecular complexity index is 1280. The first-order chi connectivity index (χ1) is 16.5. The summed E-state index contributed by atoms with van der Waals surface area (Å²) < 4.78 is 29.1. The summed E-state index contributed by atoms with van der Waals surface area (Å²) in [6, 6.07) is 14.1. The van der Waals surface area contributed by atoms with Gasteiger partial charge in [-0.25, -0.2) is 14.4 Å². The first-order valence-electron chi connectivity index (χ1n) is 11.4. The van der Waals surface area contributed by atoms with Crippen molar-refractivity contribution in [2.75, 3.05) is 33.0 Å². The Morgan fingerprint density at radius 1 is 1.15 bits per heavy atom. The highest BCUT2D eigenvalue weighted by Gasteiger charge is 2.29. The van der Waals surface area contributed by atoms with Crippen molar-refractivity contribution < 1.29 is 13.9 Å². The minimum absolute atomic E-state index is 0.0882. The van der Waals surface area contributed by atoms with E-state index >= 15 is 4.39 Å². The summed E-state index contributed by atoms with van der Waals surface area (Å²) in [7, 11) is 4.09. The van der Waals surface area contributed by atoms with Crippen molar-refractivity contribution in [1.82, 2.24) is 19.3 Å². The van der Waals surface area contributed by atoms with E-state index in [9.17, 15) is 0 Å². The molecule has 0 amide bonds. The van der Waals surface area contributed by atoms with E-state index in [2.05, 4.69) is 9.88 Å². The molecule has 1 aliphatic heterocycles. The second kappa shape index (κ2) is 9.40. The number of nitrogens with two attached hydrogens (primary N) is 1. The Morgan fingerprint density at radius 2 is 1.97 bits per heavy atom. The second-order valence-electron chi connectivity index (χ2n) is 8.90. The molecule has 2 atom stereocenters. The molecule has 4 aromatic rings. The Balaban J connectivity index is 1.47. The minimum atomic E-state index is -0.436. The van der Waals surface area contributed by atoms with Gasteiger partial charge in [0.25, 0.3) is 0 Å². The topological polar surface area (TPSA) is 77.9 Å². The molecule has 2 N–H and O–H groups in total. The fourth-order valence-electron chi connectivity index (χ4n) is 4.50. The summed E-state index contributed by atoms with van der Waals surface area (Å²) in [5.74, 6) is 1.82. The molecule has 1 fully saturated rings. The molecule has 2 aromatic heterocycles. The van der Waals surface area contributed by atoms with Crippen molar-refractivity contribution in [2.24, 2.45) is 0 Å². The van der Waals surface area contributed by atoms with Gasteiger partial charge in [-0.2, -0.15) is 0 Å². The number of aromatic nitrogens is 3. The number of nitrogen functional groups attached to an aromatic ring is 1. The number of hydrogen-bond donors (Lipinski definition) is 1. The average molecular weight is 462 g/mol. The standard InChI is InChI=1S/C26H28FN5O2/c1-31(2)15-20-9-8-17(16-33-20)26-30-23(24-25(28)29-12-13-32(24)26)21-11-10-19(14-22(21)27)34-18-6-4-3-5-7-18/h3-7,10-14,17,20H,8-9,15-16H2,1-2H3,(H2,28,29)/t17-,20+/m0/s1. The predicted octanol–water partition coefficient (Wildman–Crippen LogP) is 4.73. The summed E-state index contributed by atoms with van der Waals surface area (Å²) in [5, 5.41) is 0. The van der Waals surface area contributed by atoms with Gasteiger partial charge in [0.05, 0.1) is 12.7 Å². The number of imidazole rings is 1. The molecule has 1 saturated heterocycles. The molecule has 1 aliphatic rings. The van der Waals surface area contributed by atoms with E-state index in [0.717, 1.165) is 25.2 Å². The summed E-state index contributed by atoms with van der Waals surface area (Å²) in [5.41, 5.74) is 7.67. The summed E-state index contributed by atoms with van der Waals surface area (Å²) in [6.45, 7) is 1.45. The molecule has 7 nitrogen and oxygen atoms in total. The average Bonchev–Trinajstić information content (AvgIpc) is 3.21. The lowest BCUT2D eigenvalue weighted by Gasteiger charge is -2.30. The molecule has 5 rings (SSSR count). The van der Waals surface area contributed by atoms with Crippen molar-refractivity contribution in [3.05, 3.63) is 72.6 Å². The van der Waals surface area contributed by atoms with Crippen LogP contribution in [0.3, 0.4) is 0 Å². The maximum absolute atomic E-state index is 15.3. The fourth-order valence-corrected chi connectivity index (χ4v) is 4.50. The van der Waals surface area contributed by atoms with Crippen LogP contribution in [0.15, 0.2) is 60.9 Å². The van der Waals surface area contributed by atoms with Crippen LogP contribution in [0.5, 0.6) is 11.5 Å². The molecule has 0 unspecified atom stereocenters. The quantitative estimate of drug-likeness (QED) is 0.447. The third-order valence-corrected chi connectivity index (χ3v) is 6.09. The lowest BCUT2D eigenvalue weighted by atomic mass is 9.97. The van der Waals surface area contributed by atoms with Gasteiger partial charge in [-0.05, 0) is 51.2 Å². The molecule has 176 valence electrons. The molecule has 0 bridgehead atoms. The van der Waals surface area contributed by atoms with Crippen LogP contribution in [-0.4, -0.2) is 52.6 Å².